The average Bonchev–Trinajstić information content (AvgIpc) is 2.30. The van der Waals surface area contributed by atoms with Crippen LogP contribution in [-0.2, 0) is 9.84 Å². The molecule has 0 aliphatic rings. The maximum Gasteiger partial charge on any atom is 0.335 e. The van der Waals surface area contributed by atoms with Gasteiger partial charge in [-0.05, 0) is 40.5 Å². The standard InChI is InChI=1S/C12H15BrO5S/c1-2-6-19(16,17)7-5-18-11-8-9(12(14)15)3-4-10(11)13/h3-4,8H,2,5-7H2,1H3,(H,14,15). The monoisotopic (exact) mass is 350 g/mol. The number of carboxylic acid groups (broad SMARTS) is 1. The highest BCUT2D eigenvalue weighted by molar-refractivity contribution is 9.10. The third kappa shape index (κ3) is 5.20. The van der Waals surface area contributed by atoms with Crippen LogP contribution in [0.2, 0.25) is 0 Å². The Bertz CT molecular complexity index is 553. The van der Waals surface area contributed by atoms with E-state index in [1.165, 1.54) is 12.1 Å². The zero-order valence-corrected chi connectivity index (χ0v) is 12.8. The number of benzene rings is 1. The molecule has 0 spiro atoms. The second-order valence-electron chi connectivity index (χ2n) is 3.95. The quantitative estimate of drug-likeness (QED) is 0.816. The van der Waals surface area contributed by atoms with Gasteiger partial charge in [0.15, 0.2) is 9.84 Å². The Hall–Kier alpha value is -1.08. The van der Waals surface area contributed by atoms with Crippen molar-refractivity contribution in [3.8, 4) is 5.75 Å². The Morgan fingerprint density at radius 2 is 2.05 bits per heavy atom. The van der Waals surface area contributed by atoms with E-state index >= 15 is 0 Å². The molecule has 19 heavy (non-hydrogen) atoms. The fourth-order valence-electron chi connectivity index (χ4n) is 1.44. The largest absolute Gasteiger partial charge is 0.491 e. The fraction of sp³-hybridized carbons (Fsp3) is 0.417. The summed E-state index contributed by atoms with van der Waals surface area (Å²) >= 11 is 3.22. The highest BCUT2D eigenvalue weighted by Gasteiger charge is 2.12. The van der Waals surface area contributed by atoms with Crippen LogP contribution in [-0.4, -0.2) is 37.6 Å². The van der Waals surface area contributed by atoms with E-state index < -0.39 is 15.8 Å². The van der Waals surface area contributed by atoms with E-state index in [1.54, 1.807) is 13.0 Å². The number of sulfone groups is 1. The number of hydrogen-bond donors (Lipinski definition) is 1. The summed E-state index contributed by atoms with van der Waals surface area (Å²) in [5, 5.41) is 8.86. The molecule has 0 aliphatic heterocycles. The van der Waals surface area contributed by atoms with E-state index in [0.29, 0.717) is 16.6 Å². The minimum atomic E-state index is -3.10. The van der Waals surface area contributed by atoms with Crippen LogP contribution in [0.3, 0.4) is 0 Å². The molecule has 0 radical (unpaired) electrons. The minimum Gasteiger partial charge on any atom is -0.491 e. The van der Waals surface area contributed by atoms with E-state index in [0.717, 1.165) is 0 Å². The van der Waals surface area contributed by atoms with Crippen molar-refractivity contribution in [3.05, 3.63) is 28.2 Å². The molecule has 1 rings (SSSR count). The number of carbonyl (C=O) groups is 1. The highest BCUT2D eigenvalue weighted by atomic mass is 79.9. The molecule has 0 unspecified atom stereocenters. The zero-order valence-electron chi connectivity index (χ0n) is 10.4. The van der Waals surface area contributed by atoms with E-state index in [2.05, 4.69) is 15.9 Å². The van der Waals surface area contributed by atoms with Crippen molar-refractivity contribution in [2.75, 3.05) is 18.1 Å². The molecule has 5 nitrogen and oxygen atoms in total. The molecule has 0 saturated carbocycles. The highest BCUT2D eigenvalue weighted by Crippen LogP contribution is 2.26. The van der Waals surface area contributed by atoms with Gasteiger partial charge in [0.05, 0.1) is 21.5 Å². The van der Waals surface area contributed by atoms with Crippen LogP contribution in [0.1, 0.15) is 23.7 Å². The SMILES string of the molecule is CCCS(=O)(=O)CCOc1cc(C(=O)O)ccc1Br. The molecule has 0 aromatic heterocycles. The van der Waals surface area contributed by atoms with Crippen molar-refractivity contribution in [2.45, 2.75) is 13.3 Å². The molecule has 106 valence electrons. The van der Waals surface area contributed by atoms with Gasteiger partial charge in [-0.1, -0.05) is 6.92 Å². The predicted molar refractivity (Wildman–Crippen MR) is 75.5 cm³/mol. The lowest BCUT2D eigenvalue weighted by molar-refractivity contribution is 0.0696. The number of aromatic carboxylic acids is 1. The van der Waals surface area contributed by atoms with Gasteiger partial charge in [0, 0.05) is 0 Å². The third-order valence-electron chi connectivity index (χ3n) is 2.35. The lowest BCUT2D eigenvalue weighted by Gasteiger charge is -2.09. The van der Waals surface area contributed by atoms with Crippen molar-refractivity contribution in [1.82, 2.24) is 0 Å². The van der Waals surface area contributed by atoms with Gasteiger partial charge in [-0.15, -0.1) is 0 Å². The molecular weight excluding hydrogens is 336 g/mol. The first-order chi connectivity index (χ1) is 8.85. The van der Waals surface area contributed by atoms with Crippen LogP contribution in [0.5, 0.6) is 5.75 Å². The summed E-state index contributed by atoms with van der Waals surface area (Å²) in [5.74, 6) is -0.681. The zero-order chi connectivity index (χ0) is 14.5. The Kier molecular flexibility index (Phi) is 5.81. The van der Waals surface area contributed by atoms with Crippen molar-refractivity contribution in [3.63, 3.8) is 0 Å². The number of carboxylic acids is 1. The first kappa shape index (κ1) is 16.0. The topological polar surface area (TPSA) is 80.7 Å². The summed E-state index contributed by atoms with van der Waals surface area (Å²) in [5.41, 5.74) is 0.0922. The van der Waals surface area contributed by atoms with E-state index in [4.69, 9.17) is 9.84 Å². The van der Waals surface area contributed by atoms with Gasteiger partial charge in [-0.3, -0.25) is 0 Å². The van der Waals surface area contributed by atoms with Crippen molar-refractivity contribution in [1.29, 1.82) is 0 Å². The summed E-state index contributed by atoms with van der Waals surface area (Å²) in [6.07, 6.45) is 0.570. The number of ether oxygens (including phenoxy) is 1. The molecule has 0 amide bonds. The smallest absolute Gasteiger partial charge is 0.335 e. The third-order valence-corrected chi connectivity index (χ3v) is 4.82. The van der Waals surface area contributed by atoms with E-state index in [1.807, 2.05) is 0 Å². The summed E-state index contributed by atoms with van der Waals surface area (Å²) in [6.45, 7) is 1.80. The molecular formula is C12H15BrO5S. The van der Waals surface area contributed by atoms with Crippen LogP contribution in [0.15, 0.2) is 22.7 Å². The second-order valence-corrected chi connectivity index (χ2v) is 7.11. The van der Waals surface area contributed by atoms with Gasteiger partial charge >= 0.3 is 5.97 Å². The van der Waals surface area contributed by atoms with Crippen LogP contribution in [0.4, 0.5) is 0 Å². The molecule has 0 heterocycles. The van der Waals surface area contributed by atoms with Gasteiger partial charge in [0.25, 0.3) is 0 Å². The van der Waals surface area contributed by atoms with Gasteiger partial charge < -0.3 is 9.84 Å². The Balaban J connectivity index is 2.68. The lowest BCUT2D eigenvalue weighted by atomic mass is 10.2. The van der Waals surface area contributed by atoms with Gasteiger partial charge in [0.2, 0.25) is 0 Å². The van der Waals surface area contributed by atoms with Crippen LogP contribution in [0, 0.1) is 0 Å². The molecule has 0 aliphatic carbocycles. The molecule has 7 heteroatoms. The summed E-state index contributed by atoms with van der Waals surface area (Å²) in [7, 11) is -3.10. The van der Waals surface area contributed by atoms with Crippen LogP contribution >= 0.6 is 15.9 Å². The molecule has 1 N–H and O–H groups in total. The predicted octanol–water partition coefficient (Wildman–Crippen LogP) is 2.35. The summed E-state index contributed by atoms with van der Waals surface area (Å²) in [4.78, 5) is 10.8. The molecule has 0 saturated heterocycles. The molecule has 1 aromatic rings. The minimum absolute atomic E-state index is 0.00397. The molecule has 0 atom stereocenters. The van der Waals surface area contributed by atoms with E-state index in [-0.39, 0.29) is 23.7 Å². The van der Waals surface area contributed by atoms with Crippen LogP contribution in [0.25, 0.3) is 0 Å². The molecule has 0 fully saturated rings. The van der Waals surface area contributed by atoms with Crippen molar-refractivity contribution < 1.29 is 23.1 Å². The first-order valence-electron chi connectivity index (χ1n) is 5.72. The van der Waals surface area contributed by atoms with E-state index in [9.17, 15) is 13.2 Å². The summed E-state index contributed by atoms with van der Waals surface area (Å²) < 4.78 is 28.9. The Morgan fingerprint density at radius 3 is 2.63 bits per heavy atom. The number of halogens is 1. The van der Waals surface area contributed by atoms with Crippen LogP contribution < -0.4 is 4.74 Å². The van der Waals surface area contributed by atoms with Crippen molar-refractivity contribution >= 4 is 31.7 Å². The second kappa shape index (κ2) is 6.91. The normalized spacial score (nSPS) is 11.3. The average molecular weight is 351 g/mol. The Labute approximate surface area is 120 Å². The number of hydrogen-bond acceptors (Lipinski definition) is 4. The summed E-state index contributed by atoms with van der Waals surface area (Å²) in [6, 6.07) is 4.35. The van der Waals surface area contributed by atoms with Gasteiger partial charge in [-0.2, -0.15) is 0 Å². The molecule has 0 bridgehead atoms. The van der Waals surface area contributed by atoms with Gasteiger partial charge in [-0.25, -0.2) is 13.2 Å². The molecule has 1 aromatic carbocycles. The maximum atomic E-state index is 11.5. The van der Waals surface area contributed by atoms with Crippen molar-refractivity contribution in [2.24, 2.45) is 0 Å². The lowest BCUT2D eigenvalue weighted by Crippen LogP contribution is -2.17. The maximum absolute atomic E-state index is 11.5. The first-order valence-corrected chi connectivity index (χ1v) is 8.33. The Morgan fingerprint density at radius 1 is 1.37 bits per heavy atom. The fourth-order valence-corrected chi connectivity index (χ4v) is 2.96. The van der Waals surface area contributed by atoms with Gasteiger partial charge in [0.1, 0.15) is 12.4 Å². The number of rotatable bonds is 7.